The molecule has 0 aliphatic heterocycles. The number of Topliss-reactive ketones (excluding diaryl/α,β-unsaturated/α-hetero) is 1. The quantitative estimate of drug-likeness (QED) is 0.0381. The van der Waals surface area contributed by atoms with Gasteiger partial charge in [0, 0.05) is 24.3 Å². The van der Waals surface area contributed by atoms with Crippen LogP contribution in [-0.4, -0.2) is 52.4 Å². The molecule has 1 aliphatic rings. The van der Waals surface area contributed by atoms with Gasteiger partial charge in [-0.15, -0.1) is 0 Å². The number of hydrogen-bond donors (Lipinski definition) is 4. The molecule has 4 aromatic carbocycles. The van der Waals surface area contributed by atoms with Crippen molar-refractivity contribution in [1.82, 2.24) is 0 Å². The van der Waals surface area contributed by atoms with Crippen LogP contribution < -0.4 is 97.0 Å². The van der Waals surface area contributed by atoms with Crippen LogP contribution in [0, 0.1) is 20.2 Å². The van der Waals surface area contributed by atoms with E-state index < -0.39 is 101 Å². The summed E-state index contributed by atoms with van der Waals surface area (Å²) < 4.78 is 72.4. The maximum absolute atomic E-state index is 13.7. The fourth-order valence-corrected chi connectivity index (χ4v) is 5.63. The Balaban J connectivity index is 0.00000392. The predicted octanol–water partition coefficient (Wildman–Crippen LogP) is -5.88. The molecular formula is C28H16N8Na2O14S2. The SMILES string of the molecule is O=C1/C(=N\Nc2ccc([N+](=O)[O-])cc2)C(S(=O)(=O)[O-])=Cc2cc(S(=O)(=O)[O-])cc(N/N=c3\ccc(=O)/c(=N/Nc4cc([N+](=O)[O-])ccc4O)c3=O)c21.[Na+].[Na+]. The summed E-state index contributed by atoms with van der Waals surface area (Å²) in [5, 5.41) is 41.6. The van der Waals surface area contributed by atoms with Gasteiger partial charge in [0.05, 0.1) is 36.6 Å². The van der Waals surface area contributed by atoms with E-state index in [1.165, 1.54) is 0 Å². The number of carbonyl (C=O) groups is 1. The van der Waals surface area contributed by atoms with E-state index in [0.29, 0.717) is 18.2 Å². The third-order valence-electron chi connectivity index (χ3n) is 6.89. The van der Waals surface area contributed by atoms with Gasteiger partial charge >= 0.3 is 59.1 Å². The first-order valence-electron chi connectivity index (χ1n) is 13.7. The van der Waals surface area contributed by atoms with E-state index in [2.05, 4.69) is 31.6 Å². The summed E-state index contributed by atoms with van der Waals surface area (Å²) in [5.74, 6) is -1.87. The fraction of sp³-hybridized carbons (Fsp3) is 0. The number of ketones is 1. The van der Waals surface area contributed by atoms with Crippen LogP contribution in [0.2, 0.25) is 0 Å². The largest absolute Gasteiger partial charge is 1.00 e. The van der Waals surface area contributed by atoms with Gasteiger partial charge in [0.1, 0.15) is 42.7 Å². The minimum absolute atomic E-state index is 0. The number of nitro groups is 2. The number of hydrogen-bond acceptors (Lipinski definition) is 20. The van der Waals surface area contributed by atoms with Crippen molar-refractivity contribution >= 4 is 66.2 Å². The molecule has 1 aliphatic carbocycles. The Morgan fingerprint density at radius 2 is 1.30 bits per heavy atom. The zero-order chi connectivity index (χ0) is 38.1. The molecule has 0 amide bonds. The molecule has 22 nitrogen and oxygen atoms in total. The number of phenolic OH excluding ortho intramolecular Hbond substituents is 1. The number of nitrogens with zero attached hydrogens (tertiary/aromatic N) is 5. The van der Waals surface area contributed by atoms with E-state index in [-0.39, 0.29) is 76.2 Å². The van der Waals surface area contributed by atoms with Crippen LogP contribution in [0.15, 0.2) is 101 Å². The molecule has 0 bridgehead atoms. The number of allylic oxidation sites excluding steroid dienone is 1. The third-order valence-corrected chi connectivity index (χ3v) is 8.55. The summed E-state index contributed by atoms with van der Waals surface area (Å²) in [7, 11) is -10.8. The van der Waals surface area contributed by atoms with Crippen molar-refractivity contribution in [3.63, 3.8) is 0 Å². The van der Waals surface area contributed by atoms with Crippen LogP contribution in [0.5, 0.6) is 5.75 Å². The summed E-state index contributed by atoms with van der Waals surface area (Å²) in [6.07, 6.45) is 0.562. The minimum atomic E-state index is -5.52. The standard InChI is InChI=1S/C28H18N8O14S2.2Na/c37-21-7-5-16(36(43)44)11-19(21)31-33-25-22(38)8-6-18(27(25)39)30-32-20-12-17(51(45,46)47)9-13-10-23(52(48,49)50)26(28(40)24(13)20)34-29-14-1-3-15(4-2-14)35(41)42;;/h1-12,29,31-32,37H,(H,45,46,47)(H,48,49,50);;/q;2*+1/p-2/b30-18+,33-25-,34-26-;;. The first kappa shape index (κ1) is 43.4. The van der Waals surface area contributed by atoms with Crippen molar-refractivity contribution in [1.29, 1.82) is 0 Å². The topological polar surface area (TPSA) is 345 Å². The summed E-state index contributed by atoms with van der Waals surface area (Å²) >= 11 is 0. The molecule has 0 saturated heterocycles. The van der Waals surface area contributed by atoms with Gasteiger partial charge in [0.15, 0.2) is 5.36 Å². The van der Waals surface area contributed by atoms with Gasteiger partial charge in [0.2, 0.25) is 16.6 Å². The second-order valence-corrected chi connectivity index (χ2v) is 13.0. The van der Waals surface area contributed by atoms with Crippen molar-refractivity contribution in [3.8, 4) is 5.75 Å². The molecule has 0 spiro atoms. The van der Waals surface area contributed by atoms with Crippen LogP contribution in [0.1, 0.15) is 15.9 Å². The van der Waals surface area contributed by atoms with Crippen LogP contribution in [0.4, 0.5) is 28.4 Å². The van der Waals surface area contributed by atoms with E-state index in [0.717, 1.165) is 54.6 Å². The number of phenols is 1. The second-order valence-electron chi connectivity index (χ2n) is 10.2. The Morgan fingerprint density at radius 3 is 1.89 bits per heavy atom. The molecule has 4 aromatic rings. The zero-order valence-electron chi connectivity index (χ0n) is 27.2. The summed E-state index contributed by atoms with van der Waals surface area (Å²) in [6, 6.07) is 10.1. The molecule has 0 radical (unpaired) electrons. The molecule has 4 N–H and O–H groups in total. The van der Waals surface area contributed by atoms with Gasteiger partial charge in [-0.25, -0.2) is 16.8 Å². The molecule has 5 rings (SSSR count). The van der Waals surface area contributed by atoms with Crippen LogP contribution >= 0.6 is 0 Å². The van der Waals surface area contributed by atoms with Gasteiger partial charge < -0.3 is 14.2 Å². The monoisotopic (exact) mass is 798 g/mol. The molecule has 0 heterocycles. The number of fused-ring (bicyclic) bond motifs is 1. The number of benzene rings is 4. The smallest absolute Gasteiger partial charge is 0.744 e. The van der Waals surface area contributed by atoms with Gasteiger partial charge in [-0.2, -0.15) is 15.3 Å². The van der Waals surface area contributed by atoms with Gasteiger partial charge in [-0.3, -0.25) is 50.9 Å². The number of nitro benzene ring substituents is 2. The molecule has 266 valence electrons. The number of aromatic hydroxyl groups is 1. The summed E-state index contributed by atoms with van der Waals surface area (Å²) in [5.41, 5.74) is 0.520. The number of hydrazone groups is 1. The second kappa shape index (κ2) is 17.0. The number of carbonyl (C=O) groups excluding carboxylic acids is 1. The Labute approximate surface area is 344 Å². The van der Waals surface area contributed by atoms with Crippen molar-refractivity contribution in [2.75, 3.05) is 16.3 Å². The normalized spacial score (nSPS) is 13.9. The van der Waals surface area contributed by atoms with Crippen LogP contribution in [0.3, 0.4) is 0 Å². The van der Waals surface area contributed by atoms with Gasteiger partial charge in [-0.05, 0) is 54.1 Å². The van der Waals surface area contributed by atoms with Crippen molar-refractivity contribution in [2.45, 2.75) is 4.90 Å². The molecule has 0 atom stereocenters. The first-order chi connectivity index (χ1) is 24.3. The Morgan fingerprint density at radius 1 is 0.685 bits per heavy atom. The van der Waals surface area contributed by atoms with Crippen molar-refractivity contribution in [2.24, 2.45) is 15.3 Å². The maximum atomic E-state index is 13.7. The Kier molecular flexibility index (Phi) is 13.6. The summed E-state index contributed by atoms with van der Waals surface area (Å²) in [6.45, 7) is 0. The van der Waals surface area contributed by atoms with Crippen molar-refractivity contribution < 1.29 is 105 Å². The van der Waals surface area contributed by atoms with E-state index in [1.54, 1.807) is 0 Å². The van der Waals surface area contributed by atoms with Crippen molar-refractivity contribution in [3.05, 3.63) is 134 Å². The average molecular weight is 799 g/mol. The third kappa shape index (κ3) is 9.55. The van der Waals surface area contributed by atoms with Crippen LogP contribution in [-0.2, 0) is 20.2 Å². The Bertz CT molecular complexity index is 2750. The van der Waals surface area contributed by atoms with E-state index in [9.17, 15) is 65.7 Å². The number of nitrogens with one attached hydrogen (secondary N) is 3. The van der Waals surface area contributed by atoms with E-state index >= 15 is 0 Å². The molecule has 0 unspecified atom stereocenters. The number of non-ortho nitro benzene ring substituents is 2. The fourth-order valence-electron chi connectivity index (χ4n) is 4.45. The van der Waals surface area contributed by atoms with E-state index in [1.807, 2.05) is 0 Å². The molecule has 0 saturated carbocycles. The van der Waals surface area contributed by atoms with E-state index in [4.69, 9.17) is 0 Å². The van der Waals surface area contributed by atoms with Gasteiger partial charge in [-0.1, -0.05) is 0 Å². The summed E-state index contributed by atoms with van der Waals surface area (Å²) in [4.78, 5) is 57.5. The minimum Gasteiger partial charge on any atom is -0.744 e. The first-order valence-corrected chi connectivity index (χ1v) is 16.5. The Hall–Kier alpha value is -5.02. The molecule has 54 heavy (non-hydrogen) atoms. The number of rotatable bonds is 10. The predicted molar refractivity (Wildman–Crippen MR) is 175 cm³/mol. The molecule has 0 aromatic heterocycles. The maximum Gasteiger partial charge on any atom is 1.00 e. The molecule has 26 heteroatoms. The van der Waals surface area contributed by atoms with Gasteiger partial charge in [0.25, 0.3) is 11.4 Å². The average Bonchev–Trinajstić information content (AvgIpc) is 3.07. The molecular weight excluding hydrogens is 782 g/mol. The number of anilines is 3. The van der Waals surface area contributed by atoms with Crippen LogP contribution in [0.25, 0.3) is 6.08 Å². The zero-order valence-corrected chi connectivity index (χ0v) is 32.9. The molecule has 0 fully saturated rings.